The van der Waals surface area contributed by atoms with Crippen LogP contribution in [0.5, 0.6) is 0 Å². The van der Waals surface area contributed by atoms with E-state index >= 15 is 0 Å². The maximum absolute atomic E-state index is 11.0. The second-order valence-corrected chi connectivity index (χ2v) is 5.88. The van der Waals surface area contributed by atoms with Gasteiger partial charge in [0.1, 0.15) is 0 Å². The minimum atomic E-state index is -0.432. The summed E-state index contributed by atoms with van der Waals surface area (Å²) in [6.45, 7) is 0. The van der Waals surface area contributed by atoms with Crippen LogP contribution >= 0.6 is 23.8 Å². The Morgan fingerprint density at radius 1 is 1.23 bits per heavy atom. The Kier molecular flexibility index (Phi) is 5.35. The number of hydrogen-bond donors (Lipinski definition) is 1. The minimum Gasteiger partial charge on any atom is -0.258 e. The highest BCUT2D eigenvalue weighted by atomic mass is 35.5. The number of halogens is 1. The van der Waals surface area contributed by atoms with Crippen molar-refractivity contribution in [3.8, 4) is 11.4 Å². The highest BCUT2D eigenvalue weighted by Gasteiger charge is 2.11. The molecule has 130 valence electrons. The molecule has 3 aromatic rings. The van der Waals surface area contributed by atoms with Crippen LogP contribution in [0.25, 0.3) is 17.5 Å². The van der Waals surface area contributed by atoms with Crippen LogP contribution in [0, 0.1) is 14.9 Å². The van der Waals surface area contributed by atoms with Crippen molar-refractivity contribution in [2.24, 2.45) is 5.10 Å². The summed E-state index contributed by atoms with van der Waals surface area (Å²) in [7, 11) is 0. The number of aromatic nitrogens is 3. The van der Waals surface area contributed by atoms with Crippen molar-refractivity contribution in [2.45, 2.75) is 0 Å². The number of rotatable bonds is 5. The molecule has 3 rings (SSSR count). The van der Waals surface area contributed by atoms with E-state index in [4.69, 9.17) is 23.8 Å². The lowest BCUT2D eigenvalue weighted by molar-refractivity contribution is -0.385. The van der Waals surface area contributed by atoms with E-state index in [9.17, 15) is 10.1 Å². The van der Waals surface area contributed by atoms with Crippen LogP contribution in [0.4, 0.5) is 5.69 Å². The zero-order valence-electron chi connectivity index (χ0n) is 13.2. The van der Waals surface area contributed by atoms with Gasteiger partial charge in [0.25, 0.3) is 5.69 Å². The number of H-pyrrole nitrogens is 1. The van der Waals surface area contributed by atoms with E-state index in [1.54, 1.807) is 36.4 Å². The zero-order chi connectivity index (χ0) is 18.5. The number of aromatic amines is 1. The molecule has 0 aliphatic rings. The predicted molar refractivity (Wildman–Crippen MR) is 104 cm³/mol. The molecule has 0 saturated heterocycles. The molecule has 0 bridgehead atoms. The molecule has 7 nitrogen and oxygen atoms in total. The molecule has 0 spiro atoms. The van der Waals surface area contributed by atoms with Gasteiger partial charge in [-0.2, -0.15) is 14.9 Å². The smallest absolute Gasteiger partial charge is 0.258 e. The largest absolute Gasteiger partial charge is 0.276 e. The van der Waals surface area contributed by atoms with E-state index in [-0.39, 0.29) is 5.69 Å². The molecule has 2 aromatic carbocycles. The number of benzene rings is 2. The predicted octanol–water partition coefficient (Wildman–Crippen LogP) is 4.72. The first-order valence-electron chi connectivity index (χ1n) is 7.44. The Morgan fingerprint density at radius 2 is 1.96 bits per heavy atom. The number of nitrogens with zero attached hydrogens (tertiary/aromatic N) is 4. The Labute approximate surface area is 158 Å². The summed E-state index contributed by atoms with van der Waals surface area (Å²) in [5.41, 5.74) is 1.18. The van der Waals surface area contributed by atoms with E-state index in [2.05, 4.69) is 15.3 Å². The maximum Gasteiger partial charge on any atom is 0.276 e. The molecule has 0 aliphatic carbocycles. The third kappa shape index (κ3) is 3.76. The normalized spacial score (nSPS) is 11.4. The van der Waals surface area contributed by atoms with Crippen molar-refractivity contribution in [2.75, 3.05) is 0 Å². The van der Waals surface area contributed by atoms with Crippen LogP contribution in [-0.2, 0) is 0 Å². The molecule has 0 amide bonds. The molecule has 0 radical (unpaired) electrons. The topological polar surface area (TPSA) is 89.1 Å². The highest BCUT2D eigenvalue weighted by Crippen LogP contribution is 2.25. The van der Waals surface area contributed by atoms with Gasteiger partial charge in [-0.25, -0.2) is 5.10 Å². The fraction of sp³-hybridized carbons (Fsp3) is 0. The fourth-order valence-electron chi connectivity index (χ4n) is 2.26. The molecule has 9 heteroatoms. The Balaban J connectivity index is 1.89. The van der Waals surface area contributed by atoms with Gasteiger partial charge in [-0.3, -0.25) is 10.1 Å². The second-order valence-electron chi connectivity index (χ2n) is 5.08. The molecule has 1 aromatic heterocycles. The quantitative estimate of drug-likeness (QED) is 0.298. The number of hydrogen-bond acceptors (Lipinski definition) is 5. The van der Waals surface area contributed by atoms with E-state index in [0.29, 0.717) is 26.7 Å². The second kappa shape index (κ2) is 7.85. The Morgan fingerprint density at radius 3 is 2.73 bits per heavy atom. The Hall–Kier alpha value is -3.10. The van der Waals surface area contributed by atoms with Crippen molar-refractivity contribution in [3.63, 3.8) is 0 Å². The van der Waals surface area contributed by atoms with Gasteiger partial charge in [0.15, 0.2) is 5.82 Å². The lowest BCUT2D eigenvalue weighted by Gasteiger charge is -2.02. The van der Waals surface area contributed by atoms with Crippen LogP contribution in [0.1, 0.15) is 5.56 Å². The zero-order valence-corrected chi connectivity index (χ0v) is 14.8. The number of para-hydroxylation sites is 1. The highest BCUT2D eigenvalue weighted by molar-refractivity contribution is 7.71. The van der Waals surface area contributed by atoms with Crippen LogP contribution in [0.3, 0.4) is 0 Å². The van der Waals surface area contributed by atoms with E-state index in [0.717, 1.165) is 0 Å². The van der Waals surface area contributed by atoms with Crippen molar-refractivity contribution in [1.82, 2.24) is 14.9 Å². The molecule has 1 heterocycles. The summed E-state index contributed by atoms with van der Waals surface area (Å²) < 4.78 is 1.73. The van der Waals surface area contributed by atoms with Gasteiger partial charge in [0, 0.05) is 17.8 Å². The third-order valence-electron chi connectivity index (χ3n) is 3.44. The Bertz CT molecular complexity index is 1070. The van der Waals surface area contributed by atoms with E-state index in [1.807, 2.05) is 18.2 Å². The maximum atomic E-state index is 11.0. The van der Waals surface area contributed by atoms with Crippen molar-refractivity contribution < 1.29 is 4.92 Å². The van der Waals surface area contributed by atoms with E-state index < -0.39 is 4.92 Å². The molecule has 0 unspecified atom stereocenters. The van der Waals surface area contributed by atoms with Gasteiger partial charge >= 0.3 is 0 Å². The molecule has 26 heavy (non-hydrogen) atoms. The molecule has 0 aliphatic heterocycles. The number of nitro benzene ring substituents is 1. The van der Waals surface area contributed by atoms with E-state index in [1.165, 1.54) is 17.0 Å². The molecular formula is C17H12ClN5O2S. The van der Waals surface area contributed by atoms with Gasteiger partial charge < -0.3 is 0 Å². The lowest BCUT2D eigenvalue weighted by Crippen LogP contribution is -1.94. The van der Waals surface area contributed by atoms with Gasteiger partial charge in [-0.1, -0.05) is 35.9 Å². The molecule has 0 atom stereocenters. The number of nitrogens with one attached hydrogen (secondary N) is 1. The van der Waals surface area contributed by atoms with Crippen LogP contribution in [-0.4, -0.2) is 26.0 Å². The molecule has 0 saturated carbocycles. The first-order chi connectivity index (χ1) is 12.6. The lowest BCUT2D eigenvalue weighted by atomic mass is 10.2. The summed E-state index contributed by atoms with van der Waals surface area (Å²) in [4.78, 5) is 10.6. The van der Waals surface area contributed by atoms with Gasteiger partial charge in [-0.05, 0) is 42.6 Å². The van der Waals surface area contributed by atoms with Crippen LogP contribution < -0.4 is 0 Å². The van der Waals surface area contributed by atoms with Crippen molar-refractivity contribution >= 4 is 41.8 Å². The van der Waals surface area contributed by atoms with Crippen molar-refractivity contribution in [3.05, 3.63) is 80.1 Å². The van der Waals surface area contributed by atoms with Gasteiger partial charge in [-0.15, -0.1) is 0 Å². The monoisotopic (exact) mass is 385 g/mol. The SMILES string of the molecule is O=[N+]([O-])c1ccccc1C=CC=Nn1c(-c2ccccc2Cl)n[nH]c1=S. The summed E-state index contributed by atoms with van der Waals surface area (Å²) in [6, 6.07) is 13.6. The first kappa shape index (κ1) is 17.7. The minimum absolute atomic E-state index is 0.0221. The number of nitro groups is 1. The molecule has 1 N–H and O–H groups in total. The van der Waals surface area contributed by atoms with Crippen molar-refractivity contribution in [1.29, 1.82) is 0 Å². The summed E-state index contributed by atoms with van der Waals surface area (Å²) in [5.74, 6) is 0.468. The van der Waals surface area contributed by atoms with Gasteiger partial charge in [0.05, 0.1) is 15.5 Å². The first-order valence-corrected chi connectivity index (χ1v) is 8.23. The average Bonchev–Trinajstić information content (AvgIpc) is 3.00. The molecular weight excluding hydrogens is 374 g/mol. The molecule has 0 fully saturated rings. The average molecular weight is 386 g/mol. The van der Waals surface area contributed by atoms with Crippen LogP contribution in [0.2, 0.25) is 5.02 Å². The number of allylic oxidation sites excluding steroid dienone is 1. The third-order valence-corrected chi connectivity index (χ3v) is 4.04. The summed E-state index contributed by atoms with van der Waals surface area (Å²) in [5, 5.41) is 22.6. The van der Waals surface area contributed by atoms with Gasteiger partial charge in [0.2, 0.25) is 4.77 Å². The summed E-state index contributed by atoms with van der Waals surface area (Å²) >= 11 is 11.4. The standard InChI is InChI=1S/C17H12ClN5O2S/c18-14-9-3-2-8-13(14)16-20-21-17(26)22(16)19-11-5-7-12-6-1-4-10-15(12)23(24)25/h1-11H,(H,21,26). The fourth-order valence-corrected chi connectivity index (χ4v) is 2.66. The van der Waals surface area contributed by atoms with Crippen LogP contribution in [0.15, 0.2) is 59.7 Å². The summed E-state index contributed by atoms with van der Waals surface area (Å²) in [6.07, 6.45) is 4.66.